The maximum absolute atomic E-state index is 10.9. The number of hydrogen-bond acceptors (Lipinski definition) is 5. The van der Waals surface area contributed by atoms with E-state index in [-0.39, 0.29) is 5.69 Å². The Labute approximate surface area is 119 Å². The number of rotatable bonds is 4. The van der Waals surface area contributed by atoms with Crippen LogP contribution in [0.1, 0.15) is 38.2 Å². The Morgan fingerprint density at radius 3 is 2.95 bits per heavy atom. The average molecular weight is 278 g/mol. The minimum absolute atomic E-state index is 0.0140. The Hall–Kier alpha value is -1.66. The summed E-state index contributed by atoms with van der Waals surface area (Å²) < 4.78 is 0. The van der Waals surface area contributed by atoms with E-state index in [0.717, 1.165) is 18.7 Å². The van der Waals surface area contributed by atoms with Crippen molar-refractivity contribution in [3.8, 4) is 0 Å². The molecule has 1 aromatic carbocycles. The van der Waals surface area contributed by atoms with Crippen LogP contribution in [-0.4, -0.2) is 22.4 Å². The Morgan fingerprint density at radius 1 is 1.45 bits per heavy atom. The Bertz CT molecular complexity index is 478. The molecule has 0 amide bonds. The maximum Gasteiger partial charge on any atom is 0.293 e. The second-order valence-electron chi connectivity index (χ2n) is 5.42. The van der Waals surface area contributed by atoms with Crippen LogP contribution in [0.15, 0.2) is 18.2 Å². The molecular formula is C14H22N4O2. The molecule has 0 aromatic heterocycles. The van der Waals surface area contributed by atoms with Gasteiger partial charge in [0.25, 0.3) is 5.69 Å². The number of hydrogen-bond donors (Lipinski definition) is 2. The zero-order chi connectivity index (χ0) is 14.5. The normalized spacial score (nSPS) is 20.4. The molecule has 1 aromatic rings. The van der Waals surface area contributed by atoms with Crippen LogP contribution in [0.25, 0.3) is 0 Å². The fraction of sp³-hybridized carbons (Fsp3) is 0.571. The lowest BCUT2D eigenvalue weighted by Gasteiger charge is -2.27. The summed E-state index contributed by atoms with van der Waals surface area (Å²) in [5, 5.41) is 10.9. The van der Waals surface area contributed by atoms with E-state index >= 15 is 0 Å². The fourth-order valence-electron chi connectivity index (χ4n) is 2.76. The summed E-state index contributed by atoms with van der Waals surface area (Å²) in [4.78, 5) is 12.9. The van der Waals surface area contributed by atoms with Gasteiger partial charge in [-0.2, -0.15) is 0 Å². The van der Waals surface area contributed by atoms with E-state index in [1.54, 1.807) is 6.07 Å². The molecule has 0 aliphatic carbocycles. The van der Waals surface area contributed by atoms with E-state index in [0.29, 0.717) is 11.7 Å². The monoisotopic (exact) mass is 278 g/mol. The highest BCUT2D eigenvalue weighted by Gasteiger charge is 2.19. The van der Waals surface area contributed by atoms with Crippen LogP contribution in [0.4, 0.5) is 11.4 Å². The Morgan fingerprint density at radius 2 is 2.25 bits per heavy atom. The number of anilines is 1. The summed E-state index contributed by atoms with van der Waals surface area (Å²) in [7, 11) is 0. The number of nitrogens with two attached hydrogens (primary N) is 1. The molecule has 1 heterocycles. The van der Waals surface area contributed by atoms with Crippen molar-refractivity contribution in [3.63, 3.8) is 0 Å². The lowest BCUT2D eigenvalue weighted by Crippen LogP contribution is -2.32. The minimum atomic E-state index is -0.423. The van der Waals surface area contributed by atoms with E-state index in [1.165, 1.54) is 31.7 Å². The van der Waals surface area contributed by atoms with Crippen molar-refractivity contribution in [1.29, 1.82) is 0 Å². The molecule has 0 spiro atoms. The third-order valence-corrected chi connectivity index (χ3v) is 3.99. The number of nitro benzene ring substituents is 1. The number of nitrogens with zero attached hydrogens (tertiary/aromatic N) is 2. The number of nitrogens with one attached hydrogen (secondary N) is 1. The van der Waals surface area contributed by atoms with Gasteiger partial charge in [0, 0.05) is 18.7 Å². The first-order valence-corrected chi connectivity index (χ1v) is 7.10. The number of likely N-dealkylation sites (tertiary alicyclic amines) is 1. The third kappa shape index (κ3) is 3.46. The van der Waals surface area contributed by atoms with Crippen LogP contribution < -0.4 is 11.3 Å². The lowest BCUT2D eigenvalue weighted by molar-refractivity contribution is -0.384. The summed E-state index contributed by atoms with van der Waals surface area (Å²) in [5.74, 6) is 5.37. The molecule has 1 atom stereocenters. The van der Waals surface area contributed by atoms with Gasteiger partial charge in [-0.1, -0.05) is 18.9 Å². The van der Waals surface area contributed by atoms with Crippen molar-refractivity contribution in [3.05, 3.63) is 33.9 Å². The smallest absolute Gasteiger partial charge is 0.293 e. The zero-order valence-electron chi connectivity index (χ0n) is 11.8. The molecule has 0 radical (unpaired) electrons. The van der Waals surface area contributed by atoms with Gasteiger partial charge < -0.3 is 5.43 Å². The maximum atomic E-state index is 10.9. The molecule has 6 heteroatoms. The van der Waals surface area contributed by atoms with Crippen molar-refractivity contribution in [1.82, 2.24) is 4.90 Å². The highest BCUT2D eigenvalue weighted by Crippen LogP contribution is 2.26. The number of nitro groups is 1. The van der Waals surface area contributed by atoms with Crippen molar-refractivity contribution in [2.45, 2.75) is 45.2 Å². The van der Waals surface area contributed by atoms with Gasteiger partial charge in [-0.3, -0.25) is 20.9 Å². The van der Waals surface area contributed by atoms with E-state index in [4.69, 9.17) is 5.84 Å². The van der Waals surface area contributed by atoms with Crippen LogP contribution in [0.3, 0.4) is 0 Å². The molecule has 20 heavy (non-hydrogen) atoms. The molecular weight excluding hydrogens is 256 g/mol. The predicted octanol–water partition coefficient (Wildman–Crippen LogP) is 2.64. The topological polar surface area (TPSA) is 84.4 Å². The summed E-state index contributed by atoms with van der Waals surface area (Å²) in [6, 6.07) is 5.67. The zero-order valence-corrected chi connectivity index (χ0v) is 11.8. The second kappa shape index (κ2) is 6.67. The second-order valence-corrected chi connectivity index (χ2v) is 5.42. The lowest BCUT2D eigenvalue weighted by atomic mass is 10.1. The molecule has 0 saturated carbocycles. The highest BCUT2D eigenvalue weighted by molar-refractivity contribution is 5.62. The van der Waals surface area contributed by atoms with Crippen LogP contribution in [-0.2, 0) is 6.54 Å². The number of nitrogen functional groups attached to an aromatic ring is 1. The van der Waals surface area contributed by atoms with Crippen molar-refractivity contribution >= 4 is 11.4 Å². The van der Waals surface area contributed by atoms with Crippen LogP contribution >= 0.6 is 0 Å². The van der Waals surface area contributed by atoms with Crippen LogP contribution in [0, 0.1) is 10.1 Å². The summed E-state index contributed by atoms with van der Waals surface area (Å²) >= 11 is 0. The molecule has 1 aliphatic rings. The van der Waals surface area contributed by atoms with Gasteiger partial charge >= 0.3 is 0 Å². The summed E-state index contributed by atoms with van der Waals surface area (Å²) in [5.41, 5.74) is 3.86. The molecule has 110 valence electrons. The predicted molar refractivity (Wildman–Crippen MR) is 79.2 cm³/mol. The van der Waals surface area contributed by atoms with E-state index in [1.807, 2.05) is 6.07 Å². The van der Waals surface area contributed by atoms with Gasteiger partial charge in [-0.15, -0.1) is 0 Å². The first-order chi connectivity index (χ1) is 9.61. The van der Waals surface area contributed by atoms with Crippen molar-refractivity contribution in [2.24, 2.45) is 5.84 Å². The standard InChI is InChI=1S/C14H22N4O2/c1-11-5-3-2-4-8-17(11)10-12-6-7-14(18(19)20)13(9-12)16-15/h6-7,9,11,16H,2-5,8,10,15H2,1H3. The molecule has 0 bridgehead atoms. The quantitative estimate of drug-likeness (QED) is 0.502. The first kappa shape index (κ1) is 14.7. The van der Waals surface area contributed by atoms with Gasteiger partial charge in [-0.25, -0.2) is 0 Å². The Balaban J connectivity index is 2.14. The fourth-order valence-corrected chi connectivity index (χ4v) is 2.76. The molecule has 1 fully saturated rings. The molecule has 2 rings (SSSR count). The minimum Gasteiger partial charge on any atom is -0.318 e. The van der Waals surface area contributed by atoms with Gasteiger partial charge in [0.05, 0.1) is 4.92 Å². The first-order valence-electron chi connectivity index (χ1n) is 7.10. The van der Waals surface area contributed by atoms with Gasteiger partial charge in [-0.05, 0) is 37.9 Å². The summed E-state index contributed by atoms with van der Waals surface area (Å²) in [6.45, 7) is 4.15. The van der Waals surface area contributed by atoms with Gasteiger partial charge in [0.15, 0.2) is 0 Å². The van der Waals surface area contributed by atoms with E-state index in [2.05, 4.69) is 17.2 Å². The van der Waals surface area contributed by atoms with Crippen LogP contribution in [0.5, 0.6) is 0 Å². The number of benzene rings is 1. The van der Waals surface area contributed by atoms with E-state index in [9.17, 15) is 10.1 Å². The van der Waals surface area contributed by atoms with Gasteiger partial charge in [0.2, 0.25) is 0 Å². The van der Waals surface area contributed by atoms with E-state index < -0.39 is 4.92 Å². The molecule has 1 unspecified atom stereocenters. The molecule has 3 N–H and O–H groups in total. The Kier molecular flexibility index (Phi) is 4.92. The van der Waals surface area contributed by atoms with Crippen molar-refractivity contribution < 1.29 is 4.92 Å². The largest absolute Gasteiger partial charge is 0.318 e. The molecule has 1 aliphatic heterocycles. The van der Waals surface area contributed by atoms with Crippen molar-refractivity contribution in [2.75, 3.05) is 12.0 Å². The average Bonchev–Trinajstić information content (AvgIpc) is 2.64. The highest BCUT2D eigenvalue weighted by atomic mass is 16.6. The third-order valence-electron chi connectivity index (χ3n) is 3.99. The van der Waals surface area contributed by atoms with Gasteiger partial charge in [0.1, 0.15) is 5.69 Å². The van der Waals surface area contributed by atoms with Crippen LogP contribution in [0.2, 0.25) is 0 Å². The SMILES string of the molecule is CC1CCCCCN1Cc1ccc([N+](=O)[O-])c(NN)c1. The molecule has 6 nitrogen and oxygen atoms in total. The molecule has 1 saturated heterocycles. The number of hydrazine groups is 1. The summed E-state index contributed by atoms with van der Waals surface area (Å²) in [6.07, 6.45) is 5.01.